The molecule has 0 bridgehead atoms. The van der Waals surface area contributed by atoms with Gasteiger partial charge >= 0.3 is 6.09 Å². The average Bonchev–Trinajstić information content (AvgIpc) is 2.76. The van der Waals surface area contributed by atoms with E-state index in [-0.39, 0.29) is 18.1 Å². The summed E-state index contributed by atoms with van der Waals surface area (Å²) in [4.78, 5) is 13.6. The Balaban J connectivity index is 2.46. The maximum atomic E-state index is 12.0. The fourth-order valence-electron chi connectivity index (χ4n) is 2.13. The predicted molar refractivity (Wildman–Crippen MR) is 76.2 cm³/mol. The lowest BCUT2D eigenvalue weighted by atomic mass is 10.1. The van der Waals surface area contributed by atoms with Gasteiger partial charge in [0.15, 0.2) is 0 Å². The summed E-state index contributed by atoms with van der Waals surface area (Å²) in [5, 5.41) is 9.16. The van der Waals surface area contributed by atoms with Crippen LogP contribution in [0.5, 0.6) is 0 Å². The largest absolute Gasteiger partial charge is 0.444 e. The van der Waals surface area contributed by atoms with Crippen molar-refractivity contribution in [2.45, 2.75) is 58.7 Å². The van der Waals surface area contributed by atoms with Gasteiger partial charge < -0.3 is 14.4 Å². The van der Waals surface area contributed by atoms with Gasteiger partial charge in [0.2, 0.25) is 0 Å². The van der Waals surface area contributed by atoms with E-state index in [1.54, 1.807) is 4.90 Å². The summed E-state index contributed by atoms with van der Waals surface area (Å²) in [7, 11) is 0. The number of amides is 1. The van der Waals surface area contributed by atoms with Crippen molar-refractivity contribution in [3.05, 3.63) is 0 Å². The summed E-state index contributed by atoms with van der Waals surface area (Å²) in [6.45, 7) is 9.13. The van der Waals surface area contributed by atoms with Gasteiger partial charge in [0.1, 0.15) is 5.60 Å². The number of carbonyl (C=O) groups excluding carboxylic acids is 1. The van der Waals surface area contributed by atoms with E-state index in [0.29, 0.717) is 19.7 Å². The van der Waals surface area contributed by atoms with Crippen LogP contribution in [0, 0.1) is 17.2 Å². The molecular formula is C15H26N2O3. The molecule has 0 spiro atoms. The van der Waals surface area contributed by atoms with Crippen LogP contribution in [-0.4, -0.2) is 42.4 Å². The van der Waals surface area contributed by atoms with E-state index in [1.165, 1.54) is 0 Å². The molecule has 1 rings (SSSR count). The lowest BCUT2D eigenvalue weighted by Gasteiger charge is -2.24. The molecule has 0 aromatic carbocycles. The highest BCUT2D eigenvalue weighted by Gasteiger charge is 2.37. The second-order valence-electron chi connectivity index (χ2n) is 6.24. The zero-order chi connectivity index (χ0) is 15.2. The van der Waals surface area contributed by atoms with E-state index in [9.17, 15) is 4.79 Å². The average molecular weight is 282 g/mol. The van der Waals surface area contributed by atoms with Gasteiger partial charge in [-0.2, -0.15) is 5.26 Å². The lowest BCUT2D eigenvalue weighted by molar-refractivity contribution is 0.0192. The SMILES string of the molecule is CCCCCO[C@@H]1CN(C(=O)OC(C)(C)C)C[C@H]1C#N. The van der Waals surface area contributed by atoms with Crippen LogP contribution >= 0.6 is 0 Å². The topological polar surface area (TPSA) is 62.6 Å². The number of hydrogen-bond donors (Lipinski definition) is 0. The number of nitriles is 1. The number of unbranched alkanes of at least 4 members (excludes halogenated alkanes) is 2. The van der Waals surface area contributed by atoms with Gasteiger partial charge in [0.25, 0.3) is 0 Å². The molecule has 0 aliphatic carbocycles. The normalized spacial score (nSPS) is 22.6. The van der Waals surface area contributed by atoms with Crippen molar-refractivity contribution in [3.63, 3.8) is 0 Å². The molecule has 1 aliphatic rings. The number of likely N-dealkylation sites (tertiary alicyclic amines) is 1. The van der Waals surface area contributed by atoms with Crippen LogP contribution in [-0.2, 0) is 9.47 Å². The van der Waals surface area contributed by atoms with Gasteiger partial charge in [0.05, 0.1) is 24.6 Å². The van der Waals surface area contributed by atoms with E-state index < -0.39 is 5.60 Å². The molecule has 0 radical (unpaired) electrons. The Kier molecular flexibility index (Phi) is 6.28. The summed E-state index contributed by atoms with van der Waals surface area (Å²) in [6.07, 6.45) is 2.71. The number of rotatable bonds is 5. The molecule has 5 nitrogen and oxygen atoms in total. The maximum Gasteiger partial charge on any atom is 0.410 e. The van der Waals surface area contributed by atoms with Crippen molar-refractivity contribution in [2.75, 3.05) is 19.7 Å². The molecule has 1 heterocycles. The van der Waals surface area contributed by atoms with Gasteiger partial charge in [-0.1, -0.05) is 19.8 Å². The molecule has 5 heteroatoms. The number of carbonyl (C=O) groups is 1. The summed E-state index contributed by atoms with van der Waals surface area (Å²) in [5.41, 5.74) is -0.515. The standard InChI is InChI=1S/C15H26N2O3/c1-5-6-7-8-19-13-11-17(10-12(13)9-16)14(18)20-15(2,3)4/h12-13H,5-8,10-11H2,1-4H3/t12-,13-/m1/s1. The first-order chi connectivity index (χ1) is 9.37. The molecule has 0 aromatic heterocycles. The molecule has 1 saturated heterocycles. The van der Waals surface area contributed by atoms with Crippen LogP contribution in [0.4, 0.5) is 4.79 Å². The highest BCUT2D eigenvalue weighted by Crippen LogP contribution is 2.22. The van der Waals surface area contributed by atoms with Gasteiger partial charge in [-0.25, -0.2) is 4.79 Å². The third-order valence-electron chi connectivity index (χ3n) is 3.16. The fourth-order valence-corrected chi connectivity index (χ4v) is 2.13. The second kappa shape index (κ2) is 7.49. The fraction of sp³-hybridized carbons (Fsp3) is 0.867. The molecule has 0 saturated carbocycles. The molecule has 0 unspecified atom stereocenters. The Morgan fingerprint density at radius 3 is 2.60 bits per heavy atom. The van der Waals surface area contributed by atoms with Crippen LogP contribution in [0.1, 0.15) is 47.0 Å². The molecule has 0 N–H and O–H groups in total. The maximum absolute atomic E-state index is 12.0. The van der Waals surface area contributed by atoms with E-state index in [4.69, 9.17) is 14.7 Å². The second-order valence-corrected chi connectivity index (χ2v) is 6.24. The Hall–Kier alpha value is -1.28. The molecule has 1 fully saturated rings. The van der Waals surface area contributed by atoms with Gasteiger partial charge in [-0.15, -0.1) is 0 Å². The van der Waals surface area contributed by atoms with Crippen molar-refractivity contribution in [1.82, 2.24) is 4.90 Å². The zero-order valence-electron chi connectivity index (χ0n) is 13.0. The molecule has 20 heavy (non-hydrogen) atoms. The number of ether oxygens (including phenoxy) is 2. The van der Waals surface area contributed by atoms with Crippen molar-refractivity contribution in [2.24, 2.45) is 5.92 Å². The van der Waals surface area contributed by atoms with E-state index in [1.807, 2.05) is 20.8 Å². The summed E-state index contributed by atoms with van der Waals surface area (Å²) >= 11 is 0. The van der Waals surface area contributed by atoms with Gasteiger partial charge in [0, 0.05) is 13.2 Å². The summed E-state index contributed by atoms with van der Waals surface area (Å²) < 4.78 is 11.1. The molecular weight excluding hydrogens is 256 g/mol. The van der Waals surface area contributed by atoms with Gasteiger partial charge in [-0.05, 0) is 27.2 Å². The Morgan fingerprint density at radius 1 is 1.35 bits per heavy atom. The van der Waals surface area contributed by atoms with Gasteiger partial charge in [-0.3, -0.25) is 0 Å². The highest BCUT2D eigenvalue weighted by molar-refractivity contribution is 5.68. The molecule has 0 aromatic rings. The van der Waals surface area contributed by atoms with Crippen molar-refractivity contribution in [1.29, 1.82) is 5.26 Å². The highest BCUT2D eigenvalue weighted by atomic mass is 16.6. The predicted octanol–water partition coefficient (Wildman–Crippen LogP) is 2.95. The molecule has 1 aliphatic heterocycles. The van der Waals surface area contributed by atoms with Crippen molar-refractivity contribution < 1.29 is 14.3 Å². The third kappa shape index (κ3) is 5.38. The van der Waals surface area contributed by atoms with Crippen LogP contribution in [0.25, 0.3) is 0 Å². The Morgan fingerprint density at radius 2 is 2.05 bits per heavy atom. The third-order valence-corrected chi connectivity index (χ3v) is 3.16. The van der Waals surface area contributed by atoms with Crippen molar-refractivity contribution in [3.8, 4) is 6.07 Å². The first kappa shape index (κ1) is 16.8. The quantitative estimate of drug-likeness (QED) is 0.727. The smallest absolute Gasteiger partial charge is 0.410 e. The monoisotopic (exact) mass is 282 g/mol. The van der Waals surface area contributed by atoms with Crippen LogP contribution in [0.3, 0.4) is 0 Å². The van der Waals surface area contributed by atoms with Crippen LogP contribution in [0.15, 0.2) is 0 Å². The molecule has 2 atom stereocenters. The zero-order valence-corrected chi connectivity index (χ0v) is 13.0. The summed E-state index contributed by atoms with van der Waals surface area (Å²) in [6, 6.07) is 2.23. The molecule has 1 amide bonds. The Labute approximate surface area is 121 Å². The Bertz CT molecular complexity index is 357. The van der Waals surface area contributed by atoms with E-state index >= 15 is 0 Å². The summed E-state index contributed by atoms with van der Waals surface area (Å²) in [5.74, 6) is -0.260. The van der Waals surface area contributed by atoms with E-state index in [2.05, 4.69) is 13.0 Å². The van der Waals surface area contributed by atoms with E-state index in [0.717, 1.165) is 19.3 Å². The molecule has 114 valence electrons. The number of nitrogens with zero attached hydrogens (tertiary/aromatic N) is 2. The van der Waals surface area contributed by atoms with Crippen molar-refractivity contribution >= 4 is 6.09 Å². The first-order valence-electron chi connectivity index (χ1n) is 7.36. The minimum Gasteiger partial charge on any atom is -0.444 e. The van der Waals surface area contributed by atoms with Crippen LogP contribution < -0.4 is 0 Å². The number of hydrogen-bond acceptors (Lipinski definition) is 4. The first-order valence-corrected chi connectivity index (χ1v) is 7.36. The lowest BCUT2D eigenvalue weighted by Crippen LogP contribution is -2.36. The minimum atomic E-state index is -0.515. The van der Waals surface area contributed by atoms with Crippen LogP contribution in [0.2, 0.25) is 0 Å². The minimum absolute atomic E-state index is 0.190.